The first-order valence-corrected chi connectivity index (χ1v) is 7.64. The topological polar surface area (TPSA) is 79.8 Å². The number of aryl methyl sites for hydroxylation is 1. The van der Waals surface area contributed by atoms with E-state index in [4.69, 9.17) is 0 Å². The molecule has 0 unspecified atom stereocenters. The van der Waals surface area contributed by atoms with Crippen LogP contribution >= 0.6 is 0 Å². The molecule has 2 aliphatic heterocycles. The van der Waals surface area contributed by atoms with Crippen molar-refractivity contribution in [3.05, 3.63) is 50.3 Å². The van der Waals surface area contributed by atoms with Gasteiger partial charge < -0.3 is 9.88 Å². The molecule has 2 bridgehead atoms. The first-order chi connectivity index (χ1) is 10.6. The summed E-state index contributed by atoms with van der Waals surface area (Å²) in [6, 6.07) is 5.30. The Kier molecular flexibility index (Phi) is 3.00. The van der Waals surface area contributed by atoms with Crippen molar-refractivity contribution in [1.82, 2.24) is 20.1 Å². The molecule has 0 aliphatic carbocycles. The van der Waals surface area contributed by atoms with Gasteiger partial charge in [0.1, 0.15) is 0 Å². The summed E-state index contributed by atoms with van der Waals surface area (Å²) in [7, 11) is 0. The number of aromatic nitrogens is 3. The molecule has 2 aliphatic rings. The molecule has 1 fully saturated rings. The minimum atomic E-state index is -0.259. The molecule has 4 heterocycles. The molecule has 0 amide bonds. The lowest BCUT2D eigenvalue weighted by molar-refractivity contribution is 0.257. The number of nitrogens with one attached hydrogen (secondary N) is 2. The second-order valence-corrected chi connectivity index (χ2v) is 6.33. The minimum Gasteiger partial charge on any atom is -0.316 e. The number of piperidine rings is 1. The second-order valence-electron chi connectivity index (χ2n) is 6.33. The number of fused-ring (bicyclic) bond motifs is 4. The largest absolute Gasteiger partial charge is 0.316 e. The molecule has 0 aromatic carbocycles. The Morgan fingerprint density at radius 2 is 2.09 bits per heavy atom. The van der Waals surface area contributed by atoms with Gasteiger partial charge in [0.05, 0.1) is 11.3 Å². The summed E-state index contributed by atoms with van der Waals surface area (Å²) in [4.78, 5) is 24.5. The molecular weight excluding hydrogens is 280 g/mol. The van der Waals surface area contributed by atoms with Crippen molar-refractivity contribution in [3.8, 4) is 11.1 Å². The van der Waals surface area contributed by atoms with Crippen molar-refractivity contribution in [2.75, 3.05) is 13.1 Å². The zero-order valence-corrected chi connectivity index (χ0v) is 12.4. The number of pyridine rings is 1. The molecule has 0 spiro atoms. The lowest BCUT2D eigenvalue weighted by Crippen LogP contribution is -2.44. The minimum absolute atomic E-state index is 0.0158. The summed E-state index contributed by atoms with van der Waals surface area (Å²) >= 11 is 0. The summed E-state index contributed by atoms with van der Waals surface area (Å²) in [5, 5.41) is 9.81. The molecule has 2 N–H and O–H groups in total. The van der Waals surface area contributed by atoms with Crippen molar-refractivity contribution in [2.45, 2.75) is 25.8 Å². The van der Waals surface area contributed by atoms with E-state index < -0.39 is 0 Å². The normalized spacial score (nSPS) is 23.1. The van der Waals surface area contributed by atoms with E-state index in [2.05, 4.69) is 15.5 Å². The maximum absolute atomic E-state index is 12.5. The van der Waals surface area contributed by atoms with Crippen LogP contribution in [0.1, 0.15) is 23.7 Å². The van der Waals surface area contributed by atoms with Gasteiger partial charge in [-0.15, -0.1) is 0 Å². The zero-order chi connectivity index (χ0) is 15.3. The van der Waals surface area contributed by atoms with Gasteiger partial charge in [0.15, 0.2) is 0 Å². The average Bonchev–Trinajstić information content (AvgIpc) is 2.51. The maximum Gasteiger partial charge on any atom is 0.272 e. The number of hydrogen-bond acceptors (Lipinski definition) is 4. The Hall–Kier alpha value is -2.21. The van der Waals surface area contributed by atoms with Crippen LogP contribution in [0, 0.1) is 12.8 Å². The molecule has 2 aromatic heterocycles. The van der Waals surface area contributed by atoms with Crippen LogP contribution in [0.3, 0.4) is 0 Å². The van der Waals surface area contributed by atoms with Crippen LogP contribution in [-0.4, -0.2) is 27.9 Å². The third kappa shape index (κ3) is 2.11. The van der Waals surface area contributed by atoms with Crippen LogP contribution in [0.5, 0.6) is 0 Å². The molecule has 0 saturated carbocycles. The zero-order valence-electron chi connectivity index (χ0n) is 12.4. The van der Waals surface area contributed by atoms with Crippen molar-refractivity contribution >= 4 is 0 Å². The van der Waals surface area contributed by atoms with Crippen molar-refractivity contribution in [1.29, 1.82) is 0 Å². The molecule has 2 aromatic rings. The standard InChI is InChI=1S/C16H18N4O2/c1-9-2-13(16(22)19-18-9)11-4-14-12-3-10(6-17-7-12)8-20(14)15(21)5-11/h2,4-5,10,12,17H,3,6-8H2,1H3,(H,19,22)/t10-,12+/m0/s1. The smallest absolute Gasteiger partial charge is 0.272 e. The first-order valence-electron chi connectivity index (χ1n) is 7.64. The molecule has 0 radical (unpaired) electrons. The molecule has 2 atom stereocenters. The fourth-order valence-electron chi connectivity index (χ4n) is 3.68. The highest BCUT2D eigenvalue weighted by atomic mass is 16.1. The van der Waals surface area contributed by atoms with E-state index in [9.17, 15) is 9.59 Å². The highest BCUT2D eigenvalue weighted by molar-refractivity contribution is 5.62. The van der Waals surface area contributed by atoms with Gasteiger partial charge in [-0.2, -0.15) is 5.10 Å². The van der Waals surface area contributed by atoms with E-state index in [1.165, 1.54) is 0 Å². The fraction of sp³-hybridized carbons (Fsp3) is 0.438. The number of H-pyrrole nitrogens is 1. The van der Waals surface area contributed by atoms with Crippen LogP contribution < -0.4 is 16.4 Å². The predicted octanol–water partition coefficient (Wildman–Crippen LogP) is 0.614. The highest BCUT2D eigenvalue weighted by Gasteiger charge is 2.31. The van der Waals surface area contributed by atoms with Gasteiger partial charge in [0.25, 0.3) is 11.1 Å². The Bertz CT molecular complexity index is 852. The maximum atomic E-state index is 12.5. The van der Waals surface area contributed by atoms with Gasteiger partial charge in [0.2, 0.25) is 0 Å². The van der Waals surface area contributed by atoms with Crippen LogP contribution in [0.4, 0.5) is 0 Å². The summed E-state index contributed by atoms with van der Waals surface area (Å²) in [5.74, 6) is 0.878. The van der Waals surface area contributed by atoms with Crippen LogP contribution in [-0.2, 0) is 6.54 Å². The van der Waals surface area contributed by atoms with Gasteiger partial charge in [-0.1, -0.05) is 0 Å². The van der Waals surface area contributed by atoms with Crippen LogP contribution in [0.2, 0.25) is 0 Å². The number of hydrogen-bond donors (Lipinski definition) is 2. The van der Waals surface area contributed by atoms with E-state index >= 15 is 0 Å². The summed E-state index contributed by atoms with van der Waals surface area (Å²) < 4.78 is 1.88. The molecule has 22 heavy (non-hydrogen) atoms. The van der Waals surface area contributed by atoms with Crippen molar-refractivity contribution in [3.63, 3.8) is 0 Å². The monoisotopic (exact) mass is 298 g/mol. The van der Waals surface area contributed by atoms with E-state index in [0.717, 1.165) is 37.4 Å². The molecule has 114 valence electrons. The van der Waals surface area contributed by atoms with Gasteiger partial charge in [-0.3, -0.25) is 9.59 Å². The summed E-state index contributed by atoms with van der Waals surface area (Å²) in [6.45, 7) is 4.46. The van der Waals surface area contributed by atoms with Gasteiger partial charge in [-0.05, 0) is 43.5 Å². The molecule has 6 nitrogen and oxygen atoms in total. The van der Waals surface area contributed by atoms with Gasteiger partial charge in [0, 0.05) is 30.8 Å². The van der Waals surface area contributed by atoms with Crippen molar-refractivity contribution < 1.29 is 0 Å². The van der Waals surface area contributed by atoms with E-state index in [1.807, 2.05) is 17.6 Å². The summed E-state index contributed by atoms with van der Waals surface area (Å²) in [5.41, 5.74) is 2.70. The lowest BCUT2D eigenvalue weighted by atomic mass is 9.83. The SMILES string of the molecule is Cc1cc(-c2cc3n(c(=O)c2)C[C@@H]2CNC[C@H]3C2)c(=O)[nH]n1. The predicted molar refractivity (Wildman–Crippen MR) is 83.0 cm³/mol. The number of aromatic amines is 1. The number of rotatable bonds is 1. The molecular formula is C16H18N4O2. The van der Waals surface area contributed by atoms with Crippen molar-refractivity contribution in [2.24, 2.45) is 5.92 Å². The Balaban J connectivity index is 1.90. The Labute approximate surface area is 127 Å². The van der Waals surface area contributed by atoms with Gasteiger partial charge in [-0.25, -0.2) is 5.10 Å². The van der Waals surface area contributed by atoms with Crippen LogP contribution in [0.25, 0.3) is 11.1 Å². The van der Waals surface area contributed by atoms with E-state index in [1.54, 1.807) is 12.1 Å². The van der Waals surface area contributed by atoms with E-state index in [0.29, 0.717) is 23.0 Å². The molecule has 6 heteroatoms. The van der Waals surface area contributed by atoms with Gasteiger partial charge >= 0.3 is 0 Å². The third-order valence-electron chi connectivity index (χ3n) is 4.70. The number of nitrogens with zero attached hydrogens (tertiary/aromatic N) is 2. The van der Waals surface area contributed by atoms with E-state index in [-0.39, 0.29) is 11.1 Å². The Morgan fingerprint density at radius 3 is 2.95 bits per heavy atom. The average molecular weight is 298 g/mol. The summed E-state index contributed by atoms with van der Waals surface area (Å²) in [6.07, 6.45) is 1.11. The quantitative estimate of drug-likeness (QED) is 0.808. The highest BCUT2D eigenvalue weighted by Crippen LogP contribution is 2.33. The lowest BCUT2D eigenvalue weighted by Gasteiger charge is -2.37. The van der Waals surface area contributed by atoms with Crippen LogP contribution in [0.15, 0.2) is 27.8 Å². The molecule has 4 rings (SSSR count). The Morgan fingerprint density at radius 1 is 1.23 bits per heavy atom. The fourth-order valence-corrected chi connectivity index (χ4v) is 3.68. The second kappa shape index (κ2) is 4.91. The first kappa shape index (κ1) is 13.5. The third-order valence-corrected chi connectivity index (χ3v) is 4.70. The molecule has 1 saturated heterocycles.